The molecule has 102 valence electrons. The Bertz CT molecular complexity index is 537. The number of nitrogens with zero attached hydrogens (tertiary/aromatic N) is 3. The Labute approximate surface area is 114 Å². The average Bonchev–Trinajstić information content (AvgIpc) is 2.76. The van der Waals surface area contributed by atoms with Crippen molar-refractivity contribution in [2.45, 2.75) is 47.0 Å². The second kappa shape index (κ2) is 5.51. The van der Waals surface area contributed by atoms with Crippen LogP contribution in [0.25, 0.3) is 11.5 Å². The maximum absolute atomic E-state index is 4.60. The molecule has 0 aliphatic carbocycles. The van der Waals surface area contributed by atoms with Crippen LogP contribution in [0.4, 0.5) is 0 Å². The van der Waals surface area contributed by atoms with Crippen LogP contribution in [-0.2, 0) is 12.8 Å². The first-order chi connectivity index (χ1) is 8.98. The second-order valence-corrected chi connectivity index (χ2v) is 6.11. The minimum atomic E-state index is 0.203. The van der Waals surface area contributed by atoms with Crippen LogP contribution in [0.1, 0.15) is 45.6 Å². The van der Waals surface area contributed by atoms with Crippen molar-refractivity contribution >= 4 is 0 Å². The summed E-state index contributed by atoms with van der Waals surface area (Å²) in [5.74, 6) is 1.61. The molecular weight excluding hydrogens is 236 g/mol. The molecule has 19 heavy (non-hydrogen) atoms. The van der Waals surface area contributed by atoms with E-state index in [1.54, 1.807) is 0 Å². The summed E-state index contributed by atoms with van der Waals surface area (Å²) in [6, 6.07) is 6.03. The van der Waals surface area contributed by atoms with Crippen LogP contribution >= 0.6 is 0 Å². The molecule has 0 atom stereocenters. The molecule has 0 fully saturated rings. The molecule has 2 aromatic rings. The van der Waals surface area contributed by atoms with Crippen molar-refractivity contribution in [3.63, 3.8) is 0 Å². The zero-order chi connectivity index (χ0) is 13.9. The number of hydrogen-bond donors (Lipinski definition) is 1. The number of nitrogens with one attached hydrogen (secondary N) is 1. The summed E-state index contributed by atoms with van der Waals surface area (Å²) in [6.45, 7) is 8.72. The van der Waals surface area contributed by atoms with Crippen molar-refractivity contribution in [1.29, 1.82) is 0 Å². The fraction of sp³-hybridized carbons (Fsp3) is 0.533. The Morgan fingerprint density at radius 3 is 2.63 bits per heavy atom. The molecule has 0 aliphatic rings. The number of aromatic amines is 1. The van der Waals surface area contributed by atoms with Gasteiger partial charge in [0.2, 0.25) is 0 Å². The molecule has 2 heterocycles. The zero-order valence-electron chi connectivity index (χ0n) is 12.2. The van der Waals surface area contributed by atoms with Gasteiger partial charge in [0.25, 0.3) is 0 Å². The summed E-state index contributed by atoms with van der Waals surface area (Å²) in [7, 11) is 0. The van der Waals surface area contributed by atoms with Crippen molar-refractivity contribution in [3.8, 4) is 11.5 Å². The normalized spacial score (nSPS) is 11.8. The lowest BCUT2D eigenvalue weighted by molar-refractivity contribution is 0.401. The van der Waals surface area contributed by atoms with E-state index in [2.05, 4.69) is 53.9 Å². The van der Waals surface area contributed by atoms with Crippen LogP contribution < -0.4 is 0 Å². The molecule has 0 aliphatic heterocycles. The van der Waals surface area contributed by atoms with E-state index in [9.17, 15) is 0 Å². The standard InChI is InChI=1S/C15H22N4/c1-5-7-11-8-6-9-12(16-11)14-17-13(18-19-14)10-15(2,3)4/h6,8-9H,5,7,10H2,1-4H3,(H,17,18,19). The minimum absolute atomic E-state index is 0.203. The topological polar surface area (TPSA) is 54.5 Å². The second-order valence-electron chi connectivity index (χ2n) is 6.11. The molecule has 0 aromatic carbocycles. The molecule has 4 nitrogen and oxygen atoms in total. The third-order valence-electron chi connectivity index (χ3n) is 2.77. The lowest BCUT2D eigenvalue weighted by atomic mass is 9.92. The number of hydrogen-bond acceptors (Lipinski definition) is 3. The van der Waals surface area contributed by atoms with Gasteiger partial charge in [-0.15, -0.1) is 0 Å². The number of aromatic nitrogens is 4. The fourth-order valence-corrected chi connectivity index (χ4v) is 1.99. The van der Waals surface area contributed by atoms with Crippen LogP contribution in [0, 0.1) is 5.41 Å². The van der Waals surface area contributed by atoms with E-state index in [0.717, 1.165) is 36.5 Å². The number of rotatable bonds is 4. The van der Waals surface area contributed by atoms with Crippen molar-refractivity contribution in [2.75, 3.05) is 0 Å². The van der Waals surface area contributed by atoms with E-state index in [-0.39, 0.29) is 5.41 Å². The van der Waals surface area contributed by atoms with Gasteiger partial charge in [0.1, 0.15) is 11.5 Å². The summed E-state index contributed by atoms with van der Waals surface area (Å²) in [4.78, 5) is 9.14. The van der Waals surface area contributed by atoms with E-state index in [4.69, 9.17) is 0 Å². The molecule has 4 heteroatoms. The molecular formula is C15H22N4. The summed E-state index contributed by atoms with van der Waals surface area (Å²) in [5, 5.41) is 7.28. The SMILES string of the molecule is CCCc1cccc(-c2n[nH]c(CC(C)(C)C)n2)n1. The molecule has 2 aromatic heterocycles. The van der Waals surface area contributed by atoms with Gasteiger partial charge in [0, 0.05) is 12.1 Å². The molecule has 0 unspecified atom stereocenters. The predicted molar refractivity (Wildman–Crippen MR) is 76.8 cm³/mol. The molecule has 0 spiro atoms. The number of pyridine rings is 1. The van der Waals surface area contributed by atoms with Crippen molar-refractivity contribution in [2.24, 2.45) is 5.41 Å². The zero-order valence-corrected chi connectivity index (χ0v) is 12.2. The quantitative estimate of drug-likeness (QED) is 0.914. The molecule has 0 saturated carbocycles. The molecule has 0 bridgehead atoms. The van der Waals surface area contributed by atoms with Gasteiger partial charge in [-0.25, -0.2) is 9.97 Å². The van der Waals surface area contributed by atoms with Gasteiger partial charge in [0.15, 0.2) is 5.82 Å². The first kappa shape index (κ1) is 13.7. The molecule has 0 radical (unpaired) electrons. The van der Waals surface area contributed by atoms with Crippen LogP contribution in [-0.4, -0.2) is 20.2 Å². The number of H-pyrrole nitrogens is 1. The summed E-state index contributed by atoms with van der Waals surface area (Å²) in [5.41, 5.74) is 2.15. The van der Waals surface area contributed by atoms with Gasteiger partial charge in [-0.1, -0.05) is 40.2 Å². The lowest BCUT2D eigenvalue weighted by Gasteiger charge is -2.15. The lowest BCUT2D eigenvalue weighted by Crippen LogP contribution is -2.10. The minimum Gasteiger partial charge on any atom is -0.263 e. The maximum Gasteiger partial charge on any atom is 0.199 e. The van der Waals surface area contributed by atoms with Crippen molar-refractivity contribution in [1.82, 2.24) is 20.2 Å². The van der Waals surface area contributed by atoms with E-state index >= 15 is 0 Å². The Kier molecular flexibility index (Phi) is 3.98. The van der Waals surface area contributed by atoms with Gasteiger partial charge in [-0.05, 0) is 24.0 Å². The van der Waals surface area contributed by atoms with Crippen LogP contribution in [0.3, 0.4) is 0 Å². The largest absolute Gasteiger partial charge is 0.263 e. The first-order valence-electron chi connectivity index (χ1n) is 6.85. The monoisotopic (exact) mass is 258 g/mol. The Morgan fingerprint density at radius 1 is 1.16 bits per heavy atom. The fourth-order valence-electron chi connectivity index (χ4n) is 1.99. The van der Waals surface area contributed by atoms with Crippen LogP contribution in [0.2, 0.25) is 0 Å². The smallest absolute Gasteiger partial charge is 0.199 e. The molecule has 0 saturated heterocycles. The van der Waals surface area contributed by atoms with Gasteiger partial charge in [-0.3, -0.25) is 5.10 Å². The molecule has 1 N–H and O–H groups in total. The Balaban J connectivity index is 2.20. The highest BCUT2D eigenvalue weighted by Gasteiger charge is 2.15. The van der Waals surface area contributed by atoms with Gasteiger partial charge >= 0.3 is 0 Å². The first-order valence-corrected chi connectivity index (χ1v) is 6.85. The maximum atomic E-state index is 4.60. The Hall–Kier alpha value is -1.71. The highest BCUT2D eigenvalue weighted by atomic mass is 15.2. The van der Waals surface area contributed by atoms with E-state index in [1.807, 2.05) is 12.1 Å². The average molecular weight is 258 g/mol. The van der Waals surface area contributed by atoms with Crippen LogP contribution in [0.15, 0.2) is 18.2 Å². The molecule has 2 rings (SSSR count). The Morgan fingerprint density at radius 2 is 1.95 bits per heavy atom. The summed E-state index contributed by atoms with van der Waals surface area (Å²) < 4.78 is 0. The van der Waals surface area contributed by atoms with E-state index in [0.29, 0.717) is 5.82 Å². The van der Waals surface area contributed by atoms with Gasteiger partial charge < -0.3 is 0 Å². The third-order valence-corrected chi connectivity index (χ3v) is 2.77. The highest BCUT2D eigenvalue weighted by molar-refractivity contribution is 5.48. The third kappa shape index (κ3) is 3.88. The van der Waals surface area contributed by atoms with Gasteiger partial charge in [-0.2, -0.15) is 5.10 Å². The summed E-state index contributed by atoms with van der Waals surface area (Å²) in [6.07, 6.45) is 2.97. The highest BCUT2D eigenvalue weighted by Crippen LogP contribution is 2.20. The predicted octanol–water partition coefficient (Wildman–Crippen LogP) is 3.41. The van der Waals surface area contributed by atoms with Gasteiger partial charge in [0.05, 0.1) is 0 Å². The summed E-state index contributed by atoms with van der Waals surface area (Å²) >= 11 is 0. The number of aryl methyl sites for hydroxylation is 1. The van der Waals surface area contributed by atoms with Crippen molar-refractivity contribution in [3.05, 3.63) is 29.7 Å². The van der Waals surface area contributed by atoms with Crippen molar-refractivity contribution < 1.29 is 0 Å². The molecule has 0 amide bonds. The van der Waals surface area contributed by atoms with Crippen LogP contribution in [0.5, 0.6) is 0 Å². The van der Waals surface area contributed by atoms with E-state index in [1.165, 1.54) is 0 Å². The van der Waals surface area contributed by atoms with E-state index < -0.39 is 0 Å².